The number of hydrogen-bond donors (Lipinski definition) is 1. The molecule has 1 N–H and O–H groups in total. The van der Waals surface area contributed by atoms with Crippen molar-refractivity contribution in [2.75, 3.05) is 23.3 Å². The number of anilines is 2. The van der Waals surface area contributed by atoms with E-state index in [9.17, 15) is 9.59 Å². The van der Waals surface area contributed by atoms with E-state index in [1.165, 1.54) is 4.68 Å². The van der Waals surface area contributed by atoms with E-state index in [1.54, 1.807) is 18.2 Å². The first kappa shape index (κ1) is 19.6. The lowest BCUT2D eigenvalue weighted by atomic mass is 9.99. The molecule has 0 aliphatic carbocycles. The van der Waals surface area contributed by atoms with Crippen LogP contribution in [0.15, 0.2) is 57.8 Å². The van der Waals surface area contributed by atoms with Crippen molar-refractivity contribution in [3.8, 4) is 0 Å². The Morgan fingerprint density at radius 3 is 2.45 bits per heavy atom. The summed E-state index contributed by atoms with van der Waals surface area (Å²) < 4.78 is 2.22. The average Bonchev–Trinajstić information content (AvgIpc) is 2.73. The molecule has 7 heteroatoms. The maximum Gasteiger partial charge on any atom is 0.275 e. The number of hydrogen-bond acceptors (Lipinski definition) is 4. The fourth-order valence-corrected chi connectivity index (χ4v) is 3.91. The molecule has 1 amide bonds. The molecule has 2 heterocycles. The minimum Gasteiger partial charge on any atom is -0.355 e. The highest BCUT2D eigenvalue weighted by atomic mass is 79.9. The monoisotopic (exact) mass is 454 g/mol. The molecule has 29 heavy (non-hydrogen) atoms. The van der Waals surface area contributed by atoms with E-state index < -0.39 is 0 Å². The van der Waals surface area contributed by atoms with Crippen LogP contribution in [0.1, 0.15) is 19.8 Å². The number of fused-ring (bicyclic) bond motifs is 1. The quantitative estimate of drug-likeness (QED) is 0.645. The predicted molar refractivity (Wildman–Crippen MR) is 119 cm³/mol. The van der Waals surface area contributed by atoms with Crippen molar-refractivity contribution in [2.24, 2.45) is 5.92 Å². The van der Waals surface area contributed by atoms with Gasteiger partial charge in [-0.2, -0.15) is 5.10 Å². The van der Waals surface area contributed by atoms with Crippen LogP contribution in [-0.4, -0.2) is 28.8 Å². The summed E-state index contributed by atoms with van der Waals surface area (Å²) in [5.41, 5.74) is 0.429. The van der Waals surface area contributed by atoms with Gasteiger partial charge < -0.3 is 10.2 Å². The third kappa shape index (κ3) is 4.34. The summed E-state index contributed by atoms with van der Waals surface area (Å²) in [6.07, 6.45) is 2.19. The largest absolute Gasteiger partial charge is 0.355 e. The SMILES string of the molecule is CC1CCN(c2nn(CC(=O)Nc3ccc(Br)cc3)c(=O)c3ccccc23)CC1. The van der Waals surface area contributed by atoms with Gasteiger partial charge in [0.15, 0.2) is 5.82 Å². The molecule has 1 aliphatic rings. The summed E-state index contributed by atoms with van der Waals surface area (Å²) in [4.78, 5) is 27.7. The van der Waals surface area contributed by atoms with Gasteiger partial charge in [0.05, 0.1) is 5.39 Å². The summed E-state index contributed by atoms with van der Waals surface area (Å²) in [6, 6.07) is 14.8. The van der Waals surface area contributed by atoms with Crippen molar-refractivity contribution < 1.29 is 4.79 Å². The smallest absolute Gasteiger partial charge is 0.275 e. The Bertz CT molecular complexity index is 1090. The highest BCUT2D eigenvalue weighted by Gasteiger charge is 2.21. The van der Waals surface area contributed by atoms with Crippen molar-refractivity contribution in [2.45, 2.75) is 26.3 Å². The van der Waals surface area contributed by atoms with E-state index in [-0.39, 0.29) is 18.0 Å². The molecule has 1 saturated heterocycles. The molecule has 1 fully saturated rings. The van der Waals surface area contributed by atoms with Gasteiger partial charge in [0.2, 0.25) is 5.91 Å². The fraction of sp³-hybridized carbons (Fsp3) is 0.318. The lowest BCUT2D eigenvalue weighted by molar-refractivity contribution is -0.117. The molecule has 0 bridgehead atoms. The summed E-state index contributed by atoms with van der Waals surface area (Å²) in [7, 11) is 0. The van der Waals surface area contributed by atoms with Crippen LogP contribution in [-0.2, 0) is 11.3 Å². The number of amides is 1. The molecule has 1 aliphatic heterocycles. The number of rotatable bonds is 4. The molecule has 1 aromatic heterocycles. The topological polar surface area (TPSA) is 67.2 Å². The zero-order valence-corrected chi connectivity index (χ0v) is 17.9. The van der Waals surface area contributed by atoms with E-state index >= 15 is 0 Å². The van der Waals surface area contributed by atoms with E-state index in [0.29, 0.717) is 17.0 Å². The molecule has 3 aromatic rings. The van der Waals surface area contributed by atoms with Crippen molar-refractivity contribution in [1.29, 1.82) is 0 Å². The molecule has 150 valence electrons. The third-order valence-electron chi connectivity index (χ3n) is 5.35. The molecule has 4 rings (SSSR count). The van der Waals surface area contributed by atoms with E-state index in [1.807, 2.05) is 30.3 Å². The lowest BCUT2D eigenvalue weighted by Gasteiger charge is -2.32. The summed E-state index contributed by atoms with van der Waals surface area (Å²) >= 11 is 3.37. The van der Waals surface area contributed by atoms with Crippen LogP contribution < -0.4 is 15.8 Å². The number of halogens is 1. The zero-order valence-electron chi connectivity index (χ0n) is 16.3. The van der Waals surface area contributed by atoms with Crippen molar-refractivity contribution >= 4 is 44.1 Å². The zero-order chi connectivity index (χ0) is 20.4. The molecule has 0 saturated carbocycles. The number of nitrogens with one attached hydrogen (secondary N) is 1. The molecule has 0 spiro atoms. The maximum atomic E-state index is 12.9. The summed E-state index contributed by atoms with van der Waals surface area (Å²) in [5, 5.41) is 8.87. The normalized spacial score (nSPS) is 14.9. The van der Waals surface area contributed by atoms with Gasteiger partial charge in [0, 0.05) is 28.6 Å². The Balaban J connectivity index is 1.65. The predicted octanol–water partition coefficient (Wildman–Crippen LogP) is 4.03. The van der Waals surface area contributed by atoms with Gasteiger partial charge in [-0.25, -0.2) is 4.68 Å². The second-order valence-electron chi connectivity index (χ2n) is 7.56. The van der Waals surface area contributed by atoms with Crippen LogP contribution in [0.3, 0.4) is 0 Å². The Hall–Kier alpha value is -2.67. The highest BCUT2D eigenvalue weighted by Crippen LogP contribution is 2.26. The van der Waals surface area contributed by atoms with Gasteiger partial charge >= 0.3 is 0 Å². The molecule has 6 nitrogen and oxygen atoms in total. The van der Waals surface area contributed by atoms with Gasteiger partial charge in [-0.3, -0.25) is 9.59 Å². The molecular weight excluding hydrogens is 432 g/mol. The first-order valence-electron chi connectivity index (χ1n) is 9.81. The first-order valence-corrected chi connectivity index (χ1v) is 10.6. The van der Waals surface area contributed by atoms with E-state index in [0.717, 1.165) is 41.6 Å². The van der Waals surface area contributed by atoms with Gasteiger partial charge in [-0.15, -0.1) is 0 Å². The van der Waals surface area contributed by atoms with Crippen LogP contribution in [0.25, 0.3) is 10.8 Å². The van der Waals surface area contributed by atoms with E-state index in [4.69, 9.17) is 0 Å². The molecule has 0 unspecified atom stereocenters. The molecule has 2 aromatic carbocycles. The second-order valence-corrected chi connectivity index (χ2v) is 8.47. The molecule has 0 radical (unpaired) electrons. The van der Waals surface area contributed by atoms with Crippen LogP contribution >= 0.6 is 15.9 Å². The van der Waals surface area contributed by atoms with Gasteiger partial charge in [0.1, 0.15) is 6.54 Å². The van der Waals surface area contributed by atoms with Crippen molar-refractivity contribution in [3.05, 3.63) is 63.4 Å². The van der Waals surface area contributed by atoms with Gasteiger partial charge in [-0.1, -0.05) is 41.1 Å². The second kappa shape index (κ2) is 8.37. The molecule has 0 atom stereocenters. The number of piperidine rings is 1. The summed E-state index contributed by atoms with van der Waals surface area (Å²) in [6.45, 7) is 3.94. The van der Waals surface area contributed by atoms with E-state index in [2.05, 4.69) is 38.2 Å². The number of nitrogens with zero attached hydrogens (tertiary/aromatic N) is 3. The number of carbonyl (C=O) groups excluding carboxylic acids is 1. The average molecular weight is 455 g/mol. The molecular formula is C22H23BrN4O2. The fourth-order valence-electron chi connectivity index (χ4n) is 3.65. The highest BCUT2D eigenvalue weighted by molar-refractivity contribution is 9.10. The Kier molecular flexibility index (Phi) is 5.67. The van der Waals surface area contributed by atoms with Crippen molar-refractivity contribution in [3.63, 3.8) is 0 Å². The number of aromatic nitrogens is 2. The first-order chi connectivity index (χ1) is 14.0. The van der Waals surface area contributed by atoms with Crippen molar-refractivity contribution in [1.82, 2.24) is 9.78 Å². The maximum absolute atomic E-state index is 12.9. The minimum absolute atomic E-state index is 0.128. The Morgan fingerprint density at radius 1 is 1.10 bits per heavy atom. The number of benzene rings is 2. The van der Waals surface area contributed by atoms with Crippen LogP contribution in [0.5, 0.6) is 0 Å². The Morgan fingerprint density at radius 2 is 1.76 bits per heavy atom. The van der Waals surface area contributed by atoms with Gasteiger partial charge in [-0.05, 0) is 49.1 Å². The third-order valence-corrected chi connectivity index (χ3v) is 5.88. The van der Waals surface area contributed by atoms with Crippen LogP contribution in [0, 0.1) is 5.92 Å². The lowest BCUT2D eigenvalue weighted by Crippen LogP contribution is -2.37. The summed E-state index contributed by atoms with van der Waals surface area (Å²) in [5.74, 6) is 1.19. The van der Waals surface area contributed by atoms with Crippen LogP contribution in [0.2, 0.25) is 0 Å². The Labute approximate surface area is 177 Å². The van der Waals surface area contributed by atoms with Gasteiger partial charge in [0.25, 0.3) is 5.56 Å². The standard InChI is InChI=1S/C22H23BrN4O2/c1-15-10-12-26(13-11-15)21-18-4-2-3-5-19(18)22(29)27(25-21)14-20(28)24-17-8-6-16(23)7-9-17/h2-9,15H,10-14H2,1H3,(H,24,28). The van der Waals surface area contributed by atoms with Crippen LogP contribution in [0.4, 0.5) is 11.5 Å². The minimum atomic E-state index is -0.282. The number of carbonyl (C=O) groups is 1.